The molecule has 0 atom stereocenters. The molecule has 0 radical (unpaired) electrons. The van der Waals surface area contributed by atoms with Gasteiger partial charge in [-0.2, -0.15) is 8.42 Å². The summed E-state index contributed by atoms with van der Waals surface area (Å²) in [5.74, 6) is -5.73. The first-order valence-electron chi connectivity index (χ1n) is 12.9. The Morgan fingerprint density at radius 1 is 0.756 bits per heavy atom. The normalized spacial score (nSPS) is 10.6. The number of allylic oxidation sites excluding steroid dienone is 2. The molecule has 0 rings (SSSR count). The van der Waals surface area contributed by atoms with Crippen molar-refractivity contribution in [3.8, 4) is 0 Å². The van der Waals surface area contributed by atoms with Crippen LogP contribution in [0.3, 0.4) is 0 Å². The maximum Gasteiger partial charge on any atom is 1.00 e. The molecule has 230 valence electrons. The smallest absolute Gasteiger partial charge is 0.550 e. The van der Waals surface area contributed by atoms with Crippen molar-refractivity contribution < 1.29 is 121 Å². The summed E-state index contributed by atoms with van der Waals surface area (Å²) in [5.41, 5.74) is -2.86. The molecule has 0 aliphatic carbocycles. The number of aliphatic hydroxyl groups is 1. The number of unbranched alkanes of at least 4 members (excludes halogenated alkanes) is 11. The number of carboxylic acids is 3. The molecule has 0 saturated heterocycles. The maximum atomic E-state index is 10.9. The third-order valence-electron chi connectivity index (χ3n) is 5.14. The van der Waals surface area contributed by atoms with Crippen LogP contribution >= 0.6 is 0 Å². The molecule has 0 spiro atoms. The van der Waals surface area contributed by atoms with E-state index in [1.165, 1.54) is 77.7 Å². The third-order valence-corrected chi connectivity index (χ3v) is 5.14. The second-order valence-electron chi connectivity index (χ2n) is 8.79. The molecule has 0 heterocycles. The molecule has 0 saturated carbocycles. The van der Waals surface area contributed by atoms with Crippen molar-refractivity contribution in [2.75, 3.05) is 7.11 Å². The maximum absolute atomic E-state index is 10.9. The number of carbonyl (C=O) groups excluding carboxylic acids is 3. The summed E-state index contributed by atoms with van der Waals surface area (Å²) in [6.45, 7) is 2.27. The number of methoxy groups -OCH3 is 1. The predicted octanol–water partition coefficient (Wildman–Crippen LogP) is -4.37. The van der Waals surface area contributed by atoms with Gasteiger partial charge in [-0.1, -0.05) is 70.4 Å². The number of hydrogen-bond acceptors (Lipinski definition) is 10. The van der Waals surface area contributed by atoms with Crippen LogP contribution in [0.2, 0.25) is 0 Å². The van der Waals surface area contributed by atoms with Crippen LogP contribution in [0.15, 0.2) is 12.2 Å². The average Bonchev–Trinajstić information content (AvgIpc) is 2.79. The molecule has 13 nitrogen and oxygen atoms in total. The quantitative estimate of drug-likeness (QED) is 0.0327. The Morgan fingerprint density at radius 3 is 1.41 bits per heavy atom. The van der Waals surface area contributed by atoms with E-state index in [9.17, 15) is 29.4 Å². The molecule has 4 N–H and O–H groups in total. The standard InChI is InChI=1S/C19H36O2.C6H8O7.2Na.H2O4S/c1-3-4-5-6-7-8-9-10-11-12-13-14-15-16-17-18-19(20)21-2;7-3(8)1-6(13,5(11)12)2-4(9)10;;;1-5(2,3)4/h10-11H,3-9,12-18H2,1-2H3;13H,1-2H2,(H,7,8)(H,9,10)(H,11,12);;;(H2,1,2,3,4)/q;;2*+1;/p-2/b11-10-;;;;. The summed E-state index contributed by atoms with van der Waals surface area (Å²) in [6, 6.07) is 0. The van der Waals surface area contributed by atoms with Gasteiger partial charge in [-0.3, -0.25) is 13.9 Å². The first-order valence-corrected chi connectivity index (χ1v) is 14.3. The van der Waals surface area contributed by atoms with Crippen LogP contribution in [0.5, 0.6) is 0 Å². The molecule has 0 fully saturated rings. The van der Waals surface area contributed by atoms with Gasteiger partial charge in [-0.05, 0) is 32.1 Å². The Balaban J connectivity index is -0.000000185. The summed E-state index contributed by atoms with van der Waals surface area (Å²) in [4.78, 5) is 41.1. The minimum absolute atomic E-state index is 0. The molecule has 0 unspecified atom stereocenters. The number of carboxylic acid groups (broad SMARTS) is 3. The van der Waals surface area contributed by atoms with Crippen LogP contribution in [0, 0.1) is 0 Å². The minimum Gasteiger partial charge on any atom is -0.550 e. The fourth-order valence-corrected chi connectivity index (χ4v) is 3.13. The van der Waals surface area contributed by atoms with E-state index in [4.69, 9.17) is 27.7 Å². The Kier molecular flexibility index (Phi) is 39.5. The molecule has 0 amide bonds. The number of aliphatic carboxylic acids is 3. The van der Waals surface area contributed by atoms with Crippen LogP contribution in [-0.2, 0) is 34.3 Å². The van der Waals surface area contributed by atoms with E-state index in [0.717, 1.165) is 12.8 Å². The van der Waals surface area contributed by atoms with E-state index in [1.54, 1.807) is 0 Å². The zero-order valence-corrected chi connectivity index (χ0v) is 29.7. The number of rotatable bonds is 20. The summed E-state index contributed by atoms with van der Waals surface area (Å²) >= 11 is 0. The van der Waals surface area contributed by atoms with Crippen molar-refractivity contribution in [3.05, 3.63) is 12.2 Å². The SMILES string of the molecule is CCCCCCCC/C=C\CCCCCCCC(=O)OC.O=C([O-])CC(O)(CC(=O)[O-])C(=O)O.O=S(=O)(O)O.[Na+].[Na+]. The van der Waals surface area contributed by atoms with E-state index in [0.29, 0.717) is 6.42 Å². The predicted molar refractivity (Wildman–Crippen MR) is 137 cm³/mol. The van der Waals surface area contributed by atoms with Gasteiger partial charge in [0.25, 0.3) is 0 Å². The molecule has 41 heavy (non-hydrogen) atoms. The summed E-state index contributed by atoms with van der Waals surface area (Å²) in [6.07, 6.45) is 19.4. The van der Waals surface area contributed by atoms with E-state index in [1.807, 2.05) is 0 Å². The summed E-state index contributed by atoms with van der Waals surface area (Å²) in [5, 5.41) is 37.2. The zero-order valence-electron chi connectivity index (χ0n) is 24.8. The van der Waals surface area contributed by atoms with Crippen LogP contribution in [-0.4, -0.2) is 64.3 Å². The first-order chi connectivity index (χ1) is 18.1. The monoisotopic (exact) mass is 630 g/mol. The van der Waals surface area contributed by atoms with E-state index in [-0.39, 0.29) is 65.1 Å². The Hall–Kier alpha value is -0.550. The average molecular weight is 631 g/mol. The van der Waals surface area contributed by atoms with Crippen LogP contribution < -0.4 is 69.3 Å². The van der Waals surface area contributed by atoms with Crippen molar-refractivity contribution >= 4 is 34.3 Å². The number of ether oxygens (including phenoxy) is 1. The fraction of sp³-hybridized carbons (Fsp3) is 0.760. The summed E-state index contributed by atoms with van der Waals surface area (Å²) < 4.78 is 36.2. The van der Waals surface area contributed by atoms with Gasteiger partial charge in [0.15, 0.2) is 5.60 Å². The van der Waals surface area contributed by atoms with Gasteiger partial charge in [0, 0.05) is 31.2 Å². The van der Waals surface area contributed by atoms with Gasteiger partial charge in [0.1, 0.15) is 0 Å². The Labute approximate surface area is 287 Å². The molecule has 0 aromatic carbocycles. The molecule has 0 aromatic rings. The van der Waals surface area contributed by atoms with Gasteiger partial charge in [-0.25, -0.2) is 4.79 Å². The molecule has 16 heteroatoms. The fourth-order valence-electron chi connectivity index (χ4n) is 3.13. The van der Waals surface area contributed by atoms with Gasteiger partial charge in [0.05, 0.1) is 7.11 Å². The first kappa shape index (κ1) is 50.1. The molecule has 0 aliphatic rings. The van der Waals surface area contributed by atoms with E-state index in [2.05, 4.69) is 23.8 Å². The largest absolute Gasteiger partial charge is 1.00 e. The van der Waals surface area contributed by atoms with Crippen LogP contribution in [0.1, 0.15) is 110 Å². The molecule has 0 aliphatic heterocycles. The third kappa shape index (κ3) is 46.6. The van der Waals surface area contributed by atoms with Gasteiger partial charge in [-0.15, -0.1) is 0 Å². The Bertz CT molecular complexity index is 794. The van der Waals surface area contributed by atoms with E-state index < -0.39 is 46.7 Å². The second kappa shape index (κ2) is 32.4. The van der Waals surface area contributed by atoms with Crippen LogP contribution in [0.25, 0.3) is 0 Å². The Morgan fingerprint density at radius 2 is 1.10 bits per heavy atom. The second-order valence-corrected chi connectivity index (χ2v) is 9.69. The molecular formula is C25H44Na2O13S. The van der Waals surface area contributed by atoms with Gasteiger partial charge < -0.3 is 34.8 Å². The van der Waals surface area contributed by atoms with Crippen molar-refractivity contribution in [1.82, 2.24) is 0 Å². The molecular weight excluding hydrogens is 586 g/mol. The summed E-state index contributed by atoms with van der Waals surface area (Å²) in [7, 11) is -3.21. The van der Waals surface area contributed by atoms with Crippen molar-refractivity contribution in [1.29, 1.82) is 0 Å². The molecule has 0 aromatic heterocycles. The van der Waals surface area contributed by atoms with Crippen molar-refractivity contribution in [3.63, 3.8) is 0 Å². The topological polar surface area (TPSA) is 239 Å². The van der Waals surface area contributed by atoms with Gasteiger partial charge >= 0.3 is 81.5 Å². The van der Waals surface area contributed by atoms with Crippen molar-refractivity contribution in [2.24, 2.45) is 0 Å². The van der Waals surface area contributed by atoms with Gasteiger partial charge in [0.2, 0.25) is 0 Å². The number of hydrogen-bond donors (Lipinski definition) is 4. The zero-order chi connectivity index (χ0) is 30.7. The van der Waals surface area contributed by atoms with Crippen molar-refractivity contribution in [2.45, 2.75) is 115 Å². The van der Waals surface area contributed by atoms with E-state index >= 15 is 0 Å². The minimum atomic E-state index is -4.67. The number of carbonyl (C=O) groups is 4. The molecule has 0 bridgehead atoms. The number of esters is 1. The van der Waals surface area contributed by atoms with Crippen LogP contribution in [0.4, 0.5) is 0 Å².